The lowest BCUT2D eigenvalue weighted by atomic mass is 10.3. The number of hydrogen-bond acceptors (Lipinski definition) is 0. The smallest absolute Gasteiger partial charge is 0.0172 e. The van der Waals surface area contributed by atoms with Gasteiger partial charge in [0.05, 0.1) is 0 Å². The van der Waals surface area contributed by atoms with E-state index in [9.17, 15) is 0 Å². The quantitative estimate of drug-likeness (QED) is 0.383. The Morgan fingerprint density at radius 3 is 2.71 bits per heavy atom. The first-order valence-electron chi connectivity index (χ1n) is 2.71. The Balaban J connectivity index is 2.69. The van der Waals surface area contributed by atoms with Gasteiger partial charge in [0.2, 0.25) is 0 Å². The van der Waals surface area contributed by atoms with Crippen molar-refractivity contribution in [2.24, 2.45) is 0 Å². The van der Waals surface area contributed by atoms with Gasteiger partial charge in [-0.3, -0.25) is 0 Å². The molecule has 0 aliphatic carbocycles. The first-order valence-corrected chi connectivity index (χ1v) is 6.11. The van der Waals surface area contributed by atoms with Crippen LogP contribution in [0.2, 0.25) is 0 Å². The second-order valence-corrected chi connectivity index (χ2v) is 3.64. The molecule has 0 bridgehead atoms. The van der Waals surface area contributed by atoms with Crippen LogP contribution in [0, 0.1) is 0 Å². The first-order chi connectivity index (χ1) is 3.41. The van der Waals surface area contributed by atoms with Gasteiger partial charge >= 0.3 is 0 Å². The van der Waals surface area contributed by atoms with Gasteiger partial charge < -0.3 is 0 Å². The van der Waals surface area contributed by atoms with Gasteiger partial charge in [0.1, 0.15) is 0 Å². The highest BCUT2D eigenvalue weighted by molar-refractivity contribution is 14.2. The molecule has 0 aromatic heterocycles. The fourth-order valence-electron chi connectivity index (χ4n) is 0.390. The first kappa shape index (κ1) is 7.60. The minimum absolute atomic E-state index is 0.470. The molecule has 0 aromatic rings. The molecule has 0 saturated heterocycles. The summed E-state index contributed by atoms with van der Waals surface area (Å²) in [6.07, 6.45) is 4.11. The number of rotatable bonds is 3. The molecule has 0 radical (unpaired) electrons. The molecule has 0 nitrogen and oxygen atoms in total. The van der Waals surface area contributed by atoms with E-state index < -0.39 is 0 Å². The van der Waals surface area contributed by atoms with E-state index in [-0.39, 0.29) is 0 Å². The lowest BCUT2D eigenvalue weighted by Crippen LogP contribution is -1.68. The Bertz CT molecular complexity index is 48.1. The fraction of sp³-hybridized carbons (Fsp3) is 0.833. The molecule has 44 valence electrons. The number of halogens is 1. The zero-order valence-electron chi connectivity index (χ0n) is 5.08. The molecule has 0 aliphatic rings. The molecule has 0 N–H and O–H groups in total. The standard InChI is InChI=1S/C6H13I/c1-3-4-5-6-7-2/h6H,3-5H2,1-2H3. The molecule has 0 fully saturated rings. The van der Waals surface area contributed by atoms with E-state index in [1.54, 1.807) is 0 Å². The molecule has 1 heteroatoms. The Labute approximate surface area is 56.1 Å². The molecule has 0 aromatic carbocycles. The van der Waals surface area contributed by atoms with Crippen LogP contribution in [-0.4, -0.2) is 8.94 Å². The van der Waals surface area contributed by atoms with Gasteiger partial charge in [-0.25, -0.2) is 0 Å². The van der Waals surface area contributed by atoms with Crippen molar-refractivity contribution >= 4 is 24.7 Å². The van der Waals surface area contributed by atoms with Gasteiger partial charge in [-0.15, -0.1) is 20.7 Å². The largest absolute Gasteiger partial charge is 0.131 e. The third kappa shape index (κ3) is 6.60. The second kappa shape index (κ2) is 6.60. The number of hydrogen-bond donors (Lipinski definition) is 0. The third-order valence-electron chi connectivity index (χ3n) is 0.821. The van der Waals surface area contributed by atoms with E-state index in [0.717, 1.165) is 0 Å². The maximum Gasteiger partial charge on any atom is -0.0172 e. The van der Waals surface area contributed by atoms with E-state index in [4.69, 9.17) is 0 Å². The van der Waals surface area contributed by atoms with E-state index in [0.29, 0.717) is 20.7 Å². The molecule has 0 heterocycles. The summed E-state index contributed by atoms with van der Waals surface area (Å²) in [5, 5.41) is 0. The van der Waals surface area contributed by atoms with Gasteiger partial charge in [-0.05, 0) is 17.8 Å². The Morgan fingerprint density at radius 1 is 1.57 bits per heavy atom. The predicted octanol–water partition coefficient (Wildman–Crippen LogP) is 2.58. The monoisotopic (exact) mass is 212 g/mol. The van der Waals surface area contributed by atoms with Gasteiger partial charge in [0.25, 0.3) is 0 Å². The van der Waals surface area contributed by atoms with Gasteiger partial charge in [-0.2, -0.15) is 0 Å². The Morgan fingerprint density at radius 2 is 2.29 bits per heavy atom. The van der Waals surface area contributed by atoms with Crippen LogP contribution in [0.25, 0.3) is 0 Å². The van der Waals surface area contributed by atoms with Crippen LogP contribution in [0.15, 0.2) is 0 Å². The van der Waals surface area contributed by atoms with Crippen molar-refractivity contribution in [3.63, 3.8) is 0 Å². The number of unbranched alkanes of at least 4 members (excludes halogenated alkanes) is 2. The summed E-state index contributed by atoms with van der Waals surface area (Å²) in [5.41, 5.74) is 0. The van der Waals surface area contributed by atoms with Crippen molar-refractivity contribution in [3.8, 4) is 0 Å². The second-order valence-electron chi connectivity index (χ2n) is 1.51. The molecular weight excluding hydrogens is 199 g/mol. The van der Waals surface area contributed by atoms with Crippen molar-refractivity contribution in [1.29, 1.82) is 0 Å². The predicted molar refractivity (Wildman–Crippen MR) is 45.5 cm³/mol. The topological polar surface area (TPSA) is 0 Å². The van der Waals surface area contributed by atoms with Crippen LogP contribution < -0.4 is 0 Å². The van der Waals surface area contributed by atoms with Crippen LogP contribution in [0.1, 0.15) is 26.2 Å². The summed E-state index contributed by atoms with van der Waals surface area (Å²) < 4.78 is 2.45. The molecule has 0 amide bonds. The molecule has 0 aliphatic heterocycles. The highest BCUT2D eigenvalue weighted by atomic mass is 127. The lowest BCUT2D eigenvalue weighted by molar-refractivity contribution is 0.847. The Hall–Kier alpha value is 0.600. The van der Waals surface area contributed by atoms with Crippen molar-refractivity contribution < 1.29 is 0 Å². The fourth-order valence-corrected chi connectivity index (χ4v) is 1.45. The van der Waals surface area contributed by atoms with Crippen molar-refractivity contribution in [3.05, 3.63) is 0 Å². The summed E-state index contributed by atoms with van der Waals surface area (Å²) in [7, 11) is 0. The maximum absolute atomic E-state index is 2.45. The maximum atomic E-state index is 2.45. The van der Waals surface area contributed by atoms with Crippen molar-refractivity contribution in [1.82, 2.24) is 0 Å². The highest BCUT2D eigenvalue weighted by Gasteiger charge is 1.73. The number of alkyl halides is 1. The summed E-state index contributed by atoms with van der Waals surface area (Å²) in [5.74, 6) is 0. The van der Waals surface area contributed by atoms with Crippen LogP contribution in [-0.2, 0) is 0 Å². The van der Waals surface area contributed by atoms with Gasteiger partial charge in [-0.1, -0.05) is 17.4 Å². The summed E-state index contributed by atoms with van der Waals surface area (Å²) >= 11 is 0.470. The SMILES string of the molecule is CCCCC=IC. The van der Waals surface area contributed by atoms with Crippen LogP contribution in [0.5, 0.6) is 0 Å². The van der Waals surface area contributed by atoms with Crippen LogP contribution in [0.3, 0.4) is 0 Å². The van der Waals surface area contributed by atoms with Gasteiger partial charge in [0, 0.05) is 0 Å². The molecule has 7 heavy (non-hydrogen) atoms. The van der Waals surface area contributed by atoms with Crippen molar-refractivity contribution in [2.75, 3.05) is 4.93 Å². The average Bonchev–Trinajstić information content (AvgIpc) is 1.69. The normalized spacial score (nSPS) is 11.7. The zero-order valence-corrected chi connectivity index (χ0v) is 7.23. The van der Waals surface area contributed by atoms with E-state index in [2.05, 4.69) is 15.9 Å². The highest BCUT2D eigenvalue weighted by Crippen LogP contribution is 1.93. The average molecular weight is 212 g/mol. The van der Waals surface area contributed by atoms with E-state index in [1.165, 1.54) is 19.3 Å². The molecule has 0 saturated carbocycles. The third-order valence-corrected chi connectivity index (χ3v) is 2.32. The zero-order chi connectivity index (χ0) is 5.54. The molecule has 0 unspecified atom stereocenters. The van der Waals surface area contributed by atoms with E-state index >= 15 is 0 Å². The minimum atomic E-state index is 0.470. The molecule has 0 atom stereocenters. The Kier molecular flexibility index (Phi) is 7.17. The van der Waals surface area contributed by atoms with Crippen LogP contribution in [0.4, 0.5) is 0 Å². The van der Waals surface area contributed by atoms with Gasteiger partial charge in [0.15, 0.2) is 0 Å². The van der Waals surface area contributed by atoms with E-state index in [1.807, 2.05) is 0 Å². The summed E-state index contributed by atoms with van der Waals surface area (Å²) in [4.78, 5) is 2.30. The molecular formula is C6H13I. The minimum Gasteiger partial charge on any atom is -0.131 e. The van der Waals surface area contributed by atoms with Crippen LogP contribution >= 0.6 is 20.7 Å². The summed E-state index contributed by atoms with van der Waals surface area (Å²) in [6, 6.07) is 0. The molecule has 0 rings (SSSR count). The van der Waals surface area contributed by atoms with Crippen molar-refractivity contribution in [2.45, 2.75) is 26.2 Å². The lowest BCUT2D eigenvalue weighted by Gasteiger charge is -1.83. The summed E-state index contributed by atoms with van der Waals surface area (Å²) in [6.45, 7) is 2.24. The molecule has 0 spiro atoms.